The Bertz CT molecular complexity index is 1300. The van der Waals surface area contributed by atoms with Crippen molar-refractivity contribution in [2.75, 3.05) is 0 Å². The van der Waals surface area contributed by atoms with E-state index in [2.05, 4.69) is 16.0 Å². The molecule has 2 aromatic carbocycles. The lowest BCUT2D eigenvalue weighted by Gasteiger charge is -2.11. The lowest BCUT2D eigenvalue weighted by Crippen LogP contribution is -2.42. The third kappa shape index (κ3) is 5.58. The Hall–Kier alpha value is -3.66. The zero-order valence-electron chi connectivity index (χ0n) is 17.2. The minimum absolute atomic E-state index is 0.0185. The minimum atomic E-state index is -4.56. The molecule has 0 aliphatic heterocycles. The van der Waals surface area contributed by atoms with Gasteiger partial charge in [0.2, 0.25) is 0 Å². The molecule has 3 aromatic rings. The normalized spacial score (nSPS) is 11.7. The van der Waals surface area contributed by atoms with E-state index in [1.807, 2.05) is 6.92 Å². The summed E-state index contributed by atoms with van der Waals surface area (Å²) in [6.07, 6.45) is -1.93. The molecule has 0 aliphatic carbocycles. The van der Waals surface area contributed by atoms with Gasteiger partial charge in [-0.1, -0.05) is 36.7 Å². The number of nitrogens with one attached hydrogen (secondary N) is 2. The van der Waals surface area contributed by atoms with Gasteiger partial charge in [0.25, 0.3) is 17.4 Å². The third-order valence-electron chi connectivity index (χ3n) is 4.56. The highest BCUT2D eigenvalue weighted by Gasteiger charge is 2.30. The van der Waals surface area contributed by atoms with Gasteiger partial charge in [-0.2, -0.15) is 18.3 Å². The maximum atomic E-state index is 12.9. The molecule has 0 saturated carbocycles. The monoisotopic (exact) mass is 478 g/mol. The first-order valence-electron chi connectivity index (χ1n) is 9.76. The van der Waals surface area contributed by atoms with Gasteiger partial charge >= 0.3 is 6.18 Å². The largest absolute Gasteiger partial charge is 0.416 e. The molecule has 1 aromatic heterocycles. The first-order chi connectivity index (χ1) is 15.6. The van der Waals surface area contributed by atoms with Crippen LogP contribution >= 0.6 is 11.6 Å². The fourth-order valence-corrected chi connectivity index (χ4v) is 3.18. The van der Waals surface area contributed by atoms with E-state index in [9.17, 15) is 27.6 Å². The second kappa shape index (κ2) is 9.86. The second-order valence-corrected chi connectivity index (χ2v) is 7.34. The molecule has 0 fully saturated rings. The summed E-state index contributed by atoms with van der Waals surface area (Å²) in [6.45, 7) is 2.16. The van der Waals surface area contributed by atoms with Crippen molar-refractivity contribution in [1.29, 1.82) is 0 Å². The van der Waals surface area contributed by atoms with Gasteiger partial charge in [-0.05, 0) is 42.3 Å². The van der Waals surface area contributed by atoms with Crippen LogP contribution in [0.25, 0.3) is 16.8 Å². The van der Waals surface area contributed by atoms with E-state index >= 15 is 0 Å². The number of rotatable bonds is 5. The number of aryl methyl sites for hydroxylation is 1. The van der Waals surface area contributed by atoms with Crippen LogP contribution in [0.1, 0.15) is 35.0 Å². The summed E-state index contributed by atoms with van der Waals surface area (Å²) in [6, 6.07) is 9.14. The Morgan fingerprint density at radius 3 is 2.48 bits per heavy atom. The van der Waals surface area contributed by atoms with E-state index in [4.69, 9.17) is 11.6 Å². The van der Waals surface area contributed by atoms with Gasteiger partial charge in [-0.3, -0.25) is 25.2 Å². The van der Waals surface area contributed by atoms with Gasteiger partial charge in [0, 0.05) is 23.0 Å². The van der Waals surface area contributed by atoms with Crippen LogP contribution in [0, 0.1) is 0 Å². The Morgan fingerprint density at radius 2 is 1.82 bits per heavy atom. The zero-order valence-corrected chi connectivity index (χ0v) is 18.0. The van der Waals surface area contributed by atoms with Crippen LogP contribution in [0.5, 0.6) is 0 Å². The highest BCUT2D eigenvalue weighted by molar-refractivity contribution is 6.32. The van der Waals surface area contributed by atoms with Crippen molar-refractivity contribution >= 4 is 40.3 Å². The summed E-state index contributed by atoms with van der Waals surface area (Å²) in [5.41, 5.74) is 2.97. The Kier molecular flexibility index (Phi) is 7.17. The molecule has 1 heterocycles. The first-order valence-corrected chi connectivity index (χ1v) is 10.1. The highest BCUT2D eigenvalue weighted by atomic mass is 35.5. The Labute approximate surface area is 190 Å². The van der Waals surface area contributed by atoms with Gasteiger partial charge in [0.15, 0.2) is 5.69 Å². The van der Waals surface area contributed by atoms with Gasteiger partial charge in [0.05, 0.1) is 10.9 Å². The number of aromatic nitrogens is 2. The van der Waals surface area contributed by atoms with Crippen LogP contribution in [0.3, 0.4) is 0 Å². The van der Waals surface area contributed by atoms with Gasteiger partial charge in [-0.25, -0.2) is 4.68 Å². The van der Waals surface area contributed by atoms with E-state index in [1.54, 1.807) is 24.3 Å². The predicted molar refractivity (Wildman–Crippen MR) is 117 cm³/mol. The number of carbonyl (C=O) groups excluding carboxylic acids is 2. The summed E-state index contributed by atoms with van der Waals surface area (Å²) in [5, 5.41) is 4.74. The van der Waals surface area contributed by atoms with Crippen LogP contribution in [-0.4, -0.2) is 21.6 Å². The molecule has 172 valence electrons. The molecule has 0 atom stereocenters. The van der Waals surface area contributed by atoms with Gasteiger partial charge in [-0.15, -0.1) is 0 Å². The molecule has 7 nitrogen and oxygen atoms in total. The number of nitrogens with zero attached hydrogens (tertiary/aromatic N) is 2. The summed E-state index contributed by atoms with van der Waals surface area (Å²) in [7, 11) is 0. The number of hydrogen-bond acceptors (Lipinski definition) is 4. The molecule has 11 heteroatoms. The standard InChI is InChI=1S/C22H18ClF3N4O3/c1-2-11-30-21(33)16-6-4-3-5-15(16)19(29-30)20(32)28-27-18(31)10-7-13-12-14(22(24,25)26)8-9-17(13)23/h3-10,12H,2,11H2,1H3,(H,27,31)(H,28,32)/b10-7+. The van der Waals surface area contributed by atoms with Crippen molar-refractivity contribution in [1.82, 2.24) is 20.6 Å². The smallest absolute Gasteiger partial charge is 0.268 e. The van der Waals surface area contributed by atoms with Crippen molar-refractivity contribution in [3.8, 4) is 0 Å². The zero-order chi connectivity index (χ0) is 24.2. The lowest BCUT2D eigenvalue weighted by molar-refractivity contribution is -0.137. The number of carbonyl (C=O) groups is 2. The number of halogens is 4. The topological polar surface area (TPSA) is 93.1 Å². The molecule has 0 bridgehead atoms. The number of benzene rings is 2. The SMILES string of the molecule is CCCn1nc(C(=O)NNC(=O)/C=C/c2cc(C(F)(F)F)ccc2Cl)c2ccccc2c1=O. The summed E-state index contributed by atoms with van der Waals surface area (Å²) in [4.78, 5) is 37.2. The Balaban J connectivity index is 1.77. The second-order valence-electron chi connectivity index (χ2n) is 6.93. The van der Waals surface area contributed by atoms with Crippen molar-refractivity contribution in [3.05, 3.63) is 80.7 Å². The Morgan fingerprint density at radius 1 is 1.12 bits per heavy atom. The van der Waals surface area contributed by atoms with Crippen LogP contribution < -0.4 is 16.4 Å². The molecule has 2 N–H and O–H groups in total. The first kappa shape index (κ1) is 24.0. The number of fused-ring (bicyclic) bond motifs is 1. The highest BCUT2D eigenvalue weighted by Crippen LogP contribution is 2.32. The fraction of sp³-hybridized carbons (Fsp3) is 0.182. The molecule has 2 amide bonds. The van der Waals surface area contributed by atoms with Gasteiger partial charge in [0.1, 0.15) is 0 Å². The average molecular weight is 479 g/mol. The summed E-state index contributed by atoms with van der Waals surface area (Å²) >= 11 is 5.89. The molecule has 0 unspecified atom stereocenters. The van der Waals surface area contributed by atoms with Crippen molar-refractivity contribution < 1.29 is 22.8 Å². The molecule has 3 rings (SSSR count). The van der Waals surface area contributed by atoms with Crippen molar-refractivity contribution in [2.24, 2.45) is 0 Å². The number of hydrazine groups is 1. The fourth-order valence-electron chi connectivity index (χ4n) is 3.00. The summed E-state index contributed by atoms with van der Waals surface area (Å²) < 4.78 is 39.8. The molecular weight excluding hydrogens is 461 g/mol. The van der Waals surface area contributed by atoms with Gasteiger partial charge < -0.3 is 0 Å². The molecule has 0 radical (unpaired) electrons. The van der Waals surface area contributed by atoms with Crippen LogP contribution in [0.15, 0.2) is 53.3 Å². The van der Waals surface area contributed by atoms with Crippen LogP contribution in [0.2, 0.25) is 5.02 Å². The van der Waals surface area contributed by atoms with E-state index in [-0.39, 0.29) is 21.8 Å². The lowest BCUT2D eigenvalue weighted by atomic mass is 10.1. The van der Waals surface area contributed by atoms with E-state index in [0.29, 0.717) is 23.7 Å². The molecule has 0 spiro atoms. The number of hydrogen-bond donors (Lipinski definition) is 2. The molecule has 0 aliphatic rings. The molecular formula is C22H18ClF3N4O3. The van der Waals surface area contributed by atoms with E-state index in [0.717, 1.165) is 30.4 Å². The van der Waals surface area contributed by atoms with E-state index < -0.39 is 23.6 Å². The van der Waals surface area contributed by atoms with Crippen LogP contribution in [-0.2, 0) is 17.5 Å². The third-order valence-corrected chi connectivity index (χ3v) is 4.90. The number of amides is 2. The predicted octanol–water partition coefficient (Wildman–Crippen LogP) is 3.95. The average Bonchev–Trinajstić information content (AvgIpc) is 2.78. The van der Waals surface area contributed by atoms with Crippen molar-refractivity contribution in [2.45, 2.75) is 26.1 Å². The van der Waals surface area contributed by atoms with Crippen LogP contribution in [0.4, 0.5) is 13.2 Å². The number of alkyl halides is 3. The molecule has 0 saturated heterocycles. The molecule has 33 heavy (non-hydrogen) atoms. The maximum absolute atomic E-state index is 12.9. The minimum Gasteiger partial charge on any atom is -0.268 e. The quantitative estimate of drug-likeness (QED) is 0.429. The van der Waals surface area contributed by atoms with Crippen molar-refractivity contribution in [3.63, 3.8) is 0 Å². The maximum Gasteiger partial charge on any atom is 0.416 e. The summed E-state index contributed by atoms with van der Waals surface area (Å²) in [5.74, 6) is -1.59. The van der Waals surface area contributed by atoms with E-state index in [1.165, 1.54) is 4.68 Å².